The number of nitrogens with two attached hydrogens (primary N) is 1. The Kier molecular flexibility index (Phi) is 7.87. The molecule has 0 bridgehead atoms. The van der Waals surface area contributed by atoms with Gasteiger partial charge in [-0.15, -0.1) is 12.4 Å². The smallest absolute Gasteiger partial charge is 0.224 e. The largest absolute Gasteiger partial charge is 0.356 e. The zero-order valence-corrected chi connectivity index (χ0v) is 10.8. The minimum absolute atomic E-state index is 0. The van der Waals surface area contributed by atoms with Gasteiger partial charge in [0.2, 0.25) is 5.91 Å². The molecule has 0 spiro atoms. The molecule has 17 heavy (non-hydrogen) atoms. The van der Waals surface area contributed by atoms with Crippen molar-refractivity contribution in [3.63, 3.8) is 0 Å². The number of carbonyl (C=O) groups is 1. The first-order valence-corrected chi connectivity index (χ1v) is 5.42. The lowest BCUT2D eigenvalue weighted by Gasteiger charge is -2.06. The summed E-state index contributed by atoms with van der Waals surface area (Å²) in [6.45, 7) is 1.02. The van der Waals surface area contributed by atoms with Gasteiger partial charge in [0.05, 0.1) is 6.42 Å². The molecule has 0 unspecified atom stereocenters. The summed E-state index contributed by atoms with van der Waals surface area (Å²) >= 11 is 5.79. The predicted octanol–water partition coefficient (Wildman–Crippen LogP) is 1.91. The molecule has 0 heterocycles. The van der Waals surface area contributed by atoms with Gasteiger partial charge < -0.3 is 11.1 Å². The number of carbonyl (C=O) groups excluding carboxylic acids is 1. The number of benzene rings is 1. The van der Waals surface area contributed by atoms with Crippen LogP contribution in [-0.4, -0.2) is 19.0 Å². The van der Waals surface area contributed by atoms with Crippen molar-refractivity contribution in [1.29, 1.82) is 0 Å². The van der Waals surface area contributed by atoms with Gasteiger partial charge in [-0.3, -0.25) is 4.79 Å². The minimum Gasteiger partial charge on any atom is -0.356 e. The van der Waals surface area contributed by atoms with Crippen molar-refractivity contribution in [2.45, 2.75) is 12.8 Å². The Hall–Kier alpha value is -0.840. The first-order chi connectivity index (χ1) is 7.65. The van der Waals surface area contributed by atoms with Crippen LogP contribution in [0.4, 0.5) is 4.39 Å². The van der Waals surface area contributed by atoms with Crippen molar-refractivity contribution in [1.82, 2.24) is 5.32 Å². The lowest BCUT2D eigenvalue weighted by Crippen LogP contribution is -2.27. The fourth-order valence-electron chi connectivity index (χ4n) is 1.25. The highest BCUT2D eigenvalue weighted by molar-refractivity contribution is 6.31. The van der Waals surface area contributed by atoms with E-state index in [0.717, 1.165) is 0 Å². The van der Waals surface area contributed by atoms with Gasteiger partial charge >= 0.3 is 0 Å². The van der Waals surface area contributed by atoms with Gasteiger partial charge in [-0.1, -0.05) is 17.7 Å². The van der Waals surface area contributed by atoms with E-state index in [1.165, 1.54) is 12.1 Å². The summed E-state index contributed by atoms with van der Waals surface area (Å²) in [7, 11) is 0. The maximum atomic E-state index is 13.3. The Morgan fingerprint density at radius 2 is 2.18 bits per heavy atom. The Labute approximate surface area is 111 Å². The van der Waals surface area contributed by atoms with Gasteiger partial charge in [-0.25, -0.2) is 4.39 Å². The second kappa shape index (κ2) is 8.28. The molecule has 1 amide bonds. The molecule has 3 nitrogen and oxygen atoms in total. The molecule has 0 saturated carbocycles. The molecule has 0 aliphatic rings. The number of hydrogen-bond donors (Lipinski definition) is 2. The summed E-state index contributed by atoms with van der Waals surface area (Å²) in [6, 6.07) is 4.36. The summed E-state index contributed by atoms with van der Waals surface area (Å²) in [5.41, 5.74) is 5.51. The molecule has 1 aromatic rings. The summed E-state index contributed by atoms with van der Waals surface area (Å²) in [5.74, 6) is -0.707. The zero-order valence-electron chi connectivity index (χ0n) is 9.21. The molecule has 96 valence electrons. The van der Waals surface area contributed by atoms with Crippen LogP contribution in [0.3, 0.4) is 0 Å². The standard InChI is InChI=1S/C11H14ClFN2O.ClH/c12-9-3-1-4-10(13)8(9)7-11(16)15-6-2-5-14;/h1,3-4H,2,5-7,14H2,(H,15,16);1H. The molecule has 0 aliphatic heterocycles. The van der Waals surface area contributed by atoms with Gasteiger partial charge in [-0.05, 0) is 25.1 Å². The fraction of sp³-hybridized carbons (Fsp3) is 0.364. The van der Waals surface area contributed by atoms with E-state index in [1.807, 2.05) is 0 Å². The quantitative estimate of drug-likeness (QED) is 0.810. The van der Waals surface area contributed by atoms with Crippen LogP contribution in [0.15, 0.2) is 18.2 Å². The Morgan fingerprint density at radius 3 is 2.76 bits per heavy atom. The number of hydrogen-bond acceptors (Lipinski definition) is 2. The number of rotatable bonds is 5. The van der Waals surface area contributed by atoms with Crippen LogP contribution < -0.4 is 11.1 Å². The maximum absolute atomic E-state index is 13.3. The van der Waals surface area contributed by atoms with Crippen LogP contribution in [0, 0.1) is 5.82 Å². The molecular weight excluding hydrogens is 266 g/mol. The monoisotopic (exact) mass is 280 g/mol. The summed E-state index contributed by atoms with van der Waals surface area (Å²) in [4.78, 5) is 11.4. The van der Waals surface area contributed by atoms with Crippen molar-refractivity contribution < 1.29 is 9.18 Å². The first-order valence-electron chi connectivity index (χ1n) is 5.05. The normalized spacial score (nSPS) is 9.59. The van der Waals surface area contributed by atoms with Crippen LogP contribution in [0.25, 0.3) is 0 Å². The highest BCUT2D eigenvalue weighted by Crippen LogP contribution is 2.19. The molecule has 0 aliphatic carbocycles. The molecular formula is C11H15Cl2FN2O. The Morgan fingerprint density at radius 1 is 1.47 bits per heavy atom. The van der Waals surface area contributed by atoms with Gasteiger partial charge in [0.15, 0.2) is 0 Å². The van der Waals surface area contributed by atoms with Crippen molar-refractivity contribution >= 4 is 29.9 Å². The molecule has 3 N–H and O–H groups in total. The molecule has 1 rings (SSSR count). The summed E-state index contributed by atoms with van der Waals surface area (Å²) in [5, 5.41) is 2.91. The van der Waals surface area contributed by atoms with E-state index >= 15 is 0 Å². The second-order valence-electron chi connectivity index (χ2n) is 3.37. The topological polar surface area (TPSA) is 55.1 Å². The number of amides is 1. The molecule has 0 radical (unpaired) electrons. The summed E-state index contributed by atoms with van der Waals surface area (Å²) < 4.78 is 13.3. The molecule has 0 atom stereocenters. The lowest BCUT2D eigenvalue weighted by molar-refractivity contribution is -0.120. The molecule has 0 fully saturated rings. The van der Waals surface area contributed by atoms with E-state index < -0.39 is 5.82 Å². The average Bonchev–Trinajstić information content (AvgIpc) is 2.24. The van der Waals surface area contributed by atoms with Crippen LogP contribution in [0.5, 0.6) is 0 Å². The third kappa shape index (κ3) is 5.35. The van der Waals surface area contributed by atoms with Crippen molar-refractivity contribution in [2.24, 2.45) is 5.73 Å². The molecule has 6 heteroatoms. The van der Waals surface area contributed by atoms with E-state index in [0.29, 0.717) is 19.5 Å². The molecule has 0 aromatic heterocycles. The third-order valence-electron chi connectivity index (χ3n) is 2.10. The molecule has 0 saturated heterocycles. The van der Waals surface area contributed by atoms with Crippen molar-refractivity contribution in [3.05, 3.63) is 34.6 Å². The van der Waals surface area contributed by atoms with E-state index in [2.05, 4.69) is 5.32 Å². The highest BCUT2D eigenvalue weighted by atomic mass is 35.5. The minimum atomic E-state index is -0.457. The van der Waals surface area contributed by atoms with E-state index in [-0.39, 0.29) is 35.3 Å². The highest BCUT2D eigenvalue weighted by Gasteiger charge is 2.10. The SMILES string of the molecule is Cl.NCCCNC(=O)Cc1c(F)cccc1Cl. The Balaban J connectivity index is 0.00000256. The van der Waals surface area contributed by atoms with Crippen molar-refractivity contribution in [3.8, 4) is 0 Å². The van der Waals surface area contributed by atoms with Gasteiger partial charge in [0, 0.05) is 17.1 Å². The Bertz CT molecular complexity index is 354. The van der Waals surface area contributed by atoms with Crippen LogP contribution in [-0.2, 0) is 11.2 Å². The number of halogens is 3. The van der Waals surface area contributed by atoms with Crippen LogP contribution in [0.1, 0.15) is 12.0 Å². The van der Waals surface area contributed by atoms with E-state index in [9.17, 15) is 9.18 Å². The third-order valence-corrected chi connectivity index (χ3v) is 2.46. The lowest BCUT2D eigenvalue weighted by atomic mass is 10.1. The molecule has 1 aromatic carbocycles. The van der Waals surface area contributed by atoms with Crippen molar-refractivity contribution in [2.75, 3.05) is 13.1 Å². The summed E-state index contributed by atoms with van der Waals surface area (Å²) in [6.07, 6.45) is 0.660. The van der Waals surface area contributed by atoms with Gasteiger partial charge in [0.1, 0.15) is 5.82 Å². The predicted molar refractivity (Wildman–Crippen MR) is 69.0 cm³/mol. The van der Waals surface area contributed by atoms with Crippen LogP contribution in [0.2, 0.25) is 5.02 Å². The first kappa shape index (κ1) is 16.2. The maximum Gasteiger partial charge on any atom is 0.224 e. The zero-order chi connectivity index (χ0) is 12.0. The van der Waals surface area contributed by atoms with Gasteiger partial charge in [0.25, 0.3) is 0 Å². The van der Waals surface area contributed by atoms with Crippen LogP contribution >= 0.6 is 24.0 Å². The van der Waals surface area contributed by atoms with E-state index in [4.69, 9.17) is 17.3 Å². The fourth-order valence-corrected chi connectivity index (χ4v) is 1.48. The van der Waals surface area contributed by atoms with Gasteiger partial charge in [-0.2, -0.15) is 0 Å². The number of nitrogens with one attached hydrogen (secondary N) is 1. The second-order valence-corrected chi connectivity index (χ2v) is 3.78. The van der Waals surface area contributed by atoms with E-state index in [1.54, 1.807) is 6.07 Å². The average molecular weight is 281 g/mol.